The summed E-state index contributed by atoms with van der Waals surface area (Å²) in [6, 6.07) is 10.3. The monoisotopic (exact) mass is 338 g/mol. The Morgan fingerprint density at radius 2 is 1.84 bits per heavy atom. The number of aromatic nitrogens is 3. The number of rotatable bonds is 6. The molecule has 4 rings (SSSR count). The Kier molecular flexibility index (Phi) is 4.81. The Morgan fingerprint density at radius 3 is 2.56 bits per heavy atom. The standard InChI is InChI=1S/C20H26N4O/c25-19(24(13-16-11-12-16)18-9-5-2-6-10-18)14-23-15-21-20(22-23)17-7-3-1-4-8-17/h1,3-4,7-8,15-16,18H,2,5-6,9-14H2. The topological polar surface area (TPSA) is 51.0 Å². The highest BCUT2D eigenvalue weighted by Gasteiger charge is 2.31. The van der Waals surface area contributed by atoms with Crippen LogP contribution in [0.25, 0.3) is 11.4 Å². The maximum absolute atomic E-state index is 13.0. The summed E-state index contributed by atoms with van der Waals surface area (Å²) in [5.41, 5.74) is 0.982. The van der Waals surface area contributed by atoms with E-state index in [1.165, 1.54) is 32.1 Å². The molecule has 2 aliphatic carbocycles. The Hall–Kier alpha value is -2.17. The van der Waals surface area contributed by atoms with Gasteiger partial charge in [0.1, 0.15) is 12.9 Å². The molecule has 0 unspecified atom stereocenters. The average Bonchev–Trinajstić information content (AvgIpc) is 3.37. The van der Waals surface area contributed by atoms with Gasteiger partial charge in [-0.1, -0.05) is 49.6 Å². The lowest BCUT2D eigenvalue weighted by molar-refractivity contribution is -0.135. The van der Waals surface area contributed by atoms with E-state index < -0.39 is 0 Å². The molecular weight excluding hydrogens is 312 g/mol. The van der Waals surface area contributed by atoms with E-state index in [0.29, 0.717) is 18.4 Å². The fourth-order valence-corrected chi connectivity index (χ4v) is 3.75. The van der Waals surface area contributed by atoms with Gasteiger partial charge in [0.25, 0.3) is 0 Å². The summed E-state index contributed by atoms with van der Waals surface area (Å²) in [5.74, 6) is 1.60. The fourth-order valence-electron chi connectivity index (χ4n) is 3.75. The van der Waals surface area contributed by atoms with Crippen molar-refractivity contribution in [3.05, 3.63) is 36.7 Å². The third-order valence-electron chi connectivity index (χ3n) is 5.35. The van der Waals surface area contributed by atoms with E-state index in [4.69, 9.17) is 0 Å². The molecule has 0 N–H and O–H groups in total. The van der Waals surface area contributed by atoms with Crippen LogP contribution >= 0.6 is 0 Å². The van der Waals surface area contributed by atoms with Gasteiger partial charge in [0.2, 0.25) is 5.91 Å². The van der Waals surface area contributed by atoms with Crippen molar-refractivity contribution in [2.45, 2.75) is 57.5 Å². The van der Waals surface area contributed by atoms with Gasteiger partial charge in [-0.05, 0) is 31.6 Å². The van der Waals surface area contributed by atoms with Crippen molar-refractivity contribution < 1.29 is 4.79 Å². The van der Waals surface area contributed by atoms with Crippen molar-refractivity contribution in [2.75, 3.05) is 6.54 Å². The number of amides is 1. The molecule has 5 nitrogen and oxygen atoms in total. The van der Waals surface area contributed by atoms with Gasteiger partial charge in [-0.25, -0.2) is 9.67 Å². The number of carbonyl (C=O) groups is 1. The first-order chi connectivity index (χ1) is 12.3. The lowest BCUT2D eigenvalue weighted by Crippen LogP contribution is -2.44. The van der Waals surface area contributed by atoms with Crippen LogP contribution < -0.4 is 0 Å². The van der Waals surface area contributed by atoms with Crippen LogP contribution in [0, 0.1) is 5.92 Å². The van der Waals surface area contributed by atoms with Crippen LogP contribution in [-0.4, -0.2) is 38.2 Å². The Morgan fingerprint density at radius 1 is 1.08 bits per heavy atom. The molecule has 0 aliphatic heterocycles. The molecule has 2 saturated carbocycles. The second-order valence-corrected chi connectivity index (χ2v) is 7.41. The Labute approximate surface area is 149 Å². The molecule has 1 heterocycles. The quantitative estimate of drug-likeness (QED) is 0.810. The minimum Gasteiger partial charge on any atom is -0.338 e. The number of hydrogen-bond donors (Lipinski definition) is 0. The van der Waals surface area contributed by atoms with Crippen molar-refractivity contribution in [2.24, 2.45) is 5.92 Å². The highest BCUT2D eigenvalue weighted by molar-refractivity contribution is 5.76. The maximum atomic E-state index is 13.0. The zero-order chi connectivity index (χ0) is 17.1. The summed E-state index contributed by atoms with van der Waals surface area (Å²) < 4.78 is 1.69. The molecule has 1 amide bonds. The predicted molar refractivity (Wildman–Crippen MR) is 96.8 cm³/mol. The van der Waals surface area contributed by atoms with Crippen LogP contribution in [-0.2, 0) is 11.3 Å². The molecule has 25 heavy (non-hydrogen) atoms. The summed E-state index contributed by atoms with van der Waals surface area (Å²) in [7, 11) is 0. The van der Waals surface area contributed by atoms with E-state index in [0.717, 1.165) is 30.9 Å². The van der Waals surface area contributed by atoms with Gasteiger partial charge in [0.05, 0.1) is 0 Å². The number of hydrogen-bond acceptors (Lipinski definition) is 3. The third-order valence-corrected chi connectivity index (χ3v) is 5.35. The van der Waals surface area contributed by atoms with Crippen molar-refractivity contribution in [1.82, 2.24) is 19.7 Å². The molecular formula is C20H26N4O. The summed E-state index contributed by atoms with van der Waals surface area (Å²) in [4.78, 5) is 19.5. The van der Waals surface area contributed by atoms with E-state index >= 15 is 0 Å². The van der Waals surface area contributed by atoms with E-state index in [9.17, 15) is 4.79 Å². The highest BCUT2D eigenvalue weighted by atomic mass is 16.2. The number of benzene rings is 1. The molecule has 0 spiro atoms. The first kappa shape index (κ1) is 16.3. The van der Waals surface area contributed by atoms with Crippen molar-refractivity contribution in [3.63, 3.8) is 0 Å². The summed E-state index contributed by atoms with van der Waals surface area (Å²) in [6.45, 7) is 1.23. The van der Waals surface area contributed by atoms with Crippen LogP contribution in [0.3, 0.4) is 0 Å². The second-order valence-electron chi connectivity index (χ2n) is 7.41. The van der Waals surface area contributed by atoms with Gasteiger partial charge in [-0.15, -0.1) is 0 Å². The Bertz CT molecular complexity index is 701. The molecule has 5 heteroatoms. The molecule has 2 aromatic rings. The molecule has 2 aliphatic rings. The molecule has 0 bridgehead atoms. The van der Waals surface area contributed by atoms with Gasteiger partial charge in [0, 0.05) is 18.2 Å². The lowest BCUT2D eigenvalue weighted by atomic mass is 9.94. The van der Waals surface area contributed by atoms with Gasteiger partial charge in [-0.2, -0.15) is 5.10 Å². The van der Waals surface area contributed by atoms with Crippen LogP contribution in [0.2, 0.25) is 0 Å². The van der Waals surface area contributed by atoms with E-state index in [2.05, 4.69) is 15.0 Å². The van der Waals surface area contributed by atoms with E-state index in [1.807, 2.05) is 30.3 Å². The fraction of sp³-hybridized carbons (Fsp3) is 0.550. The van der Waals surface area contributed by atoms with Gasteiger partial charge >= 0.3 is 0 Å². The maximum Gasteiger partial charge on any atom is 0.244 e. The lowest BCUT2D eigenvalue weighted by Gasteiger charge is -2.34. The van der Waals surface area contributed by atoms with Crippen LogP contribution in [0.4, 0.5) is 0 Å². The van der Waals surface area contributed by atoms with Crippen LogP contribution in [0.1, 0.15) is 44.9 Å². The average molecular weight is 338 g/mol. The molecule has 0 saturated heterocycles. The first-order valence-corrected chi connectivity index (χ1v) is 9.54. The SMILES string of the molecule is O=C(Cn1cnc(-c2ccccc2)n1)N(CC1CC1)C1CCCCC1. The molecule has 1 aromatic carbocycles. The number of carbonyl (C=O) groups excluding carboxylic acids is 1. The van der Waals surface area contributed by atoms with E-state index in [1.54, 1.807) is 11.0 Å². The smallest absolute Gasteiger partial charge is 0.244 e. The predicted octanol–water partition coefficient (Wildman–Crippen LogP) is 3.52. The molecule has 0 atom stereocenters. The second kappa shape index (κ2) is 7.38. The largest absolute Gasteiger partial charge is 0.338 e. The molecule has 132 valence electrons. The molecule has 0 radical (unpaired) electrons. The Balaban J connectivity index is 1.44. The van der Waals surface area contributed by atoms with Crippen LogP contribution in [0.5, 0.6) is 0 Å². The minimum absolute atomic E-state index is 0.198. The van der Waals surface area contributed by atoms with Gasteiger partial charge in [-0.3, -0.25) is 4.79 Å². The summed E-state index contributed by atoms with van der Waals surface area (Å²) in [5, 5.41) is 4.50. The van der Waals surface area contributed by atoms with Crippen molar-refractivity contribution in [1.29, 1.82) is 0 Å². The highest BCUT2D eigenvalue weighted by Crippen LogP contribution is 2.32. The van der Waals surface area contributed by atoms with Gasteiger partial charge < -0.3 is 4.90 Å². The summed E-state index contributed by atoms with van der Waals surface area (Å²) >= 11 is 0. The van der Waals surface area contributed by atoms with Crippen LogP contribution in [0.15, 0.2) is 36.7 Å². The van der Waals surface area contributed by atoms with Crippen molar-refractivity contribution in [3.8, 4) is 11.4 Å². The van der Waals surface area contributed by atoms with Gasteiger partial charge in [0.15, 0.2) is 5.82 Å². The van der Waals surface area contributed by atoms with E-state index in [-0.39, 0.29) is 5.91 Å². The zero-order valence-electron chi connectivity index (χ0n) is 14.7. The third kappa shape index (κ3) is 4.09. The zero-order valence-corrected chi connectivity index (χ0v) is 14.7. The summed E-state index contributed by atoms with van der Waals surface area (Å²) in [6.07, 6.45) is 10.4. The molecule has 2 fully saturated rings. The normalized spacial score (nSPS) is 18.2. The first-order valence-electron chi connectivity index (χ1n) is 9.54. The minimum atomic E-state index is 0.198. The van der Waals surface area contributed by atoms with Crippen molar-refractivity contribution >= 4 is 5.91 Å². The number of nitrogens with zero attached hydrogens (tertiary/aromatic N) is 4. The molecule has 1 aromatic heterocycles.